The molecular formula is C17H16F4N2O. The fraction of sp³-hybridized carbons (Fsp3) is 0.353. The highest BCUT2D eigenvalue weighted by atomic mass is 19.4. The van der Waals surface area contributed by atoms with Gasteiger partial charge in [0.05, 0.1) is 5.41 Å². The molecule has 0 aliphatic carbocycles. The lowest BCUT2D eigenvalue weighted by Crippen LogP contribution is -2.43. The van der Waals surface area contributed by atoms with Crippen LogP contribution in [0.5, 0.6) is 0 Å². The fourth-order valence-corrected chi connectivity index (χ4v) is 2.93. The average molecular weight is 340 g/mol. The van der Waals surface area contributed by atoms with Gasteiger partial charge in [-0.05, 0) is 48.4 Å². The number of benzene rings is 2. The van der Waals surface area contributed by atoms with Gasteiger partial charge in [0.15, 0.2) is 0 Å². The third kappa shape index (κ3) is 2.96. The zero-order valence-electron chi connectivity index (χ0n) is 13.1. The normalized spacial score (nSPS) is 19.5. The number of nitrogens with zero attached hydrogens (tertiary/aromatic N) is 1. The van der Waals surface area contributed by atoms with E-state index in [1.54, 1.807) is 13.8 Å². The Morgan fingerprint density at radius 1 is 1.12 bits per heavy atom. The summed E-state index contributed by atoms with van der Waals surface area (Å²) in [6.07, 6.45) is -4.59. The van der Waals surface area contributed by atoms with E-state index in [1.165, 1.54) is 36.4 Å². The molecule has 0 unspecified atom stereocenters. The Morgan fingerprint density at radius 2 is 1.79 bits per heavy atom. The van der Waals surface area contributed by atoms with Crippen LogP contribution in [-0.2, 0) is 4.79 Å². The van der Waals surface area contributed by atoms with Crippen LogP contribution in [-0.4, -0.2) is 23.6 Å². The first-order chi connectivity index (χ1) is 11.1. The zero-order valence-corrected chi connectivity index (χ0v) is 13.1. The number of rotatable bonds is 2. The van der Waals surface area contributed by atoms with Crippen LogP contribution in [0.25, 0.3) is 10.8 Å². The molecule has 3 rings (SSSR count). The molecule has 0 radical (unpaired) electrons. The van der Waals surface area contributed by atoms with Crippen molar-refractivity contribution in [2.24, 2.45) is 5.41 Å². The second-order valence-corrected chi connectivity index (χ2v) is 6.65. The number of fused-ring (bicyclic) bond motifs is 1. The van der Waals surface area contributed by atoms with Crippen molar-refractivity contribution in [1.29, 1.82) is 0 Å². The molecule has 2 aromatic rings. The molecule has 0 aromatic heterocycles. The van der Waals surface area contributed by atoms with Gasteiger partial charge in [0, 0.05) is 6.54 Å². The number of nitrogens with one attached hydrogen (secondary N) is 1. The third-order valence-corrected chi connectivity index (χ3v) is 4.19. The van der Waals surface area contributed by atoms with Crippen molar-refractivity contribution in [2.45, 2.75) is 26.1 Å². The number of hydrogen-bond acceptors (Lipinski definition) is 2. The molecule has 1 saturated heterocycles. The topological polar surface area (TPSA) is 32.3 Å². The summed E-state index contributed by atoms with van der Waals surface area (Å²) >= 11 is 0. The molecule has 3 nitrogen and oxygen atoms in total. The molecule has 0 saturated carbocycles. The highest BCUT2D eigenvalue weighted by Crippen LogP contribution is 2.41. The van der Waals surface area contributed by atoms with Gasteiger partial charge in [-0.1, -0.05) is 18.2 Å². The second kappa shape index (κ2) is 5.44. The van der Waals surface area contributed by atoms with Crippen LogP contribution < -0.4 is 5.43 Å². The van der Waals surface area contributed by atoms with E-state index in [4.69, 9.17) is 0 Å². The lowest BCUT2D eigenvalue weighted by atomic mass is 9.93. The maximum Gasteiger partial charge on any atom is 0.409 e. The molecule has 1 aliphatic rings. The summed E-state index contributed by atoms with van der Waals surface area (Å²) in [6.45, 7) is 3.11. The molecule has 1 amide bonds. The number of amides is 1. The Hall–Kier alpha value is -2.15. The maximum atomic E-state index is 13.6. The number of hydrazine groups is 1. The second-order valence-electron chi connectivity index (χ2n) is 6.65. The van der Waals surface area contributed by atoms with Crippen molar-refractivity contribution in [3.05, 3.63) is 47.8 Å². The predicted molar refractivity (Wildman–Crippen MR) is 81.3 cm³/mol. The van der Waals surface area contributed by atoms with Crippen LogP contribution in [0.3, 0.4) is 0 Å². The molecule has 2 aromatic carbocycles. The van der Waals surface area contributed by atoms with Crippen molar-refractivity contribution in [3.63, 3.8) is 0 Å². The molecule has 24 heavy (non-hydrogen) atoms. The predicted octanol–water partition coefficient (Wildman–Crippen LogP) is 3.96. The first-order valence-electron chi connectivity index (χ1n) is 7.42. The van der Waals surface area contributed by atoms with Gasteiger partial charge in [-0.2, -0.15) is 13.2 Å². The largest absolute Gasteiger partial charge is 0.409 e. The summed E-state index contributed by atoms with van der Waals surface area (Å²) in [5.41, 5.74) is 1.36. The monoisotopic (exact) mass is 340 g/mol. The third-order valence-electron chi connectivity index (χ3n) is 4.19. The smallest absolute Gasteiger partial charge is 0.287 e. The number of hydrogen-bond donors (Lipinski definition) is 1. The van der Waals surface area contributed by atoms with E-state index >= 15 is 0 Å². The Bertz CT molecular complexity index is 801. The quantitative estimate of drug-likeness (QED) is 0.840. The van der Waals surface area contributed by atoms with E-state index in [-0.39, 0.29) is 12.1 Å². The SMILES string of the molecule is CC1(C)CN([C@@H](c2ccc3ccc(F)cc3c2)C(F)(F)F)NC1=O. The molecule has 0 bridgehead atoms. The van der Waals surface area contributed by atoms with Crippen molar-refractivity contribution in [3.8, 4) is 0 Å². The fourth-order valence-electron chi connectivity index (χ4n) is 2.93. The van der Waals surface area contributed by atoms with Crippen LogP contribution in [0.2, 0.25) is 0 Å². The summed E-state index contributed by atoms with van der Waals surface area (Å²) in [6, 6.07) is 6.16. The van der Waals surface area contributed by atoms with Crippen LogP contribution >= 0.6 is 0 Å². The van der Waals surface area contributed by atoms with E-state index in [0.29, 0.717) is 10.8 Å². The minimum absolute atomic E-state index is 0.0430. The first-order valence-corrected chi connectivity index (χ1v) is 7.42. The molecule has 7 heteroatoms. The molecule has 1 N–H and O–H groups in total. The van der Waals surface area contributed by atoms with Gasteiger partial charge in [-0.25, -0.2) is 9.40 Å². The van der Waals surface area contributed by atoms with Gasteiger partial charge >= 0.3 is 6.18 Å². The first kappa shape index (κ1) is 16.7. The van der Waals surface area contributed by atoms with Gasteiger partial charge in [-0.3, -0.25) is 10.2 Å². The number of halogens is 4. The van der Waals surface area contributed by atoms with E-state index < -0.39 is 29.4 Å². The number of carbonyl (C=O) groups is 1. The molecule has 1 fully saturated rings. The Kier molecular flexibility index (Phi) is 3.79. The number of alkyl halides is 3. The van der Waals surface area contributed by atoms with Crippen LogP contribution in [0.15, 0.2) is 36.4 Å². The van der Waals surface area contributed by atoms with Gasteiger partial charge < -0.3 is 0 Å². The summed E-state index contributed by atoms with van der Waals surface area (Å²) in [5.74, 6) is -0.970. The van der Waals surface area contributed by atoms with Gasteiger partial charge in [-0.15, -0.1) is 0 Å². The van der Waals surface area contributed by atoms with Gasteiger partial charge in [0.1, 0.15) is 11.9 Å². The van der Waals surface area contributed by atoms with Crippen LogP contribution in [0.1, 0.15) is 25.5 Å². The van der Waals surface area contributed by atoms with E-state index in [2.05, 4.69) is 5.43 Å². The lowest BCUT2D eigenvalue weighted by molar-refractivity contribution is -0.191. The van der Waals surface area contributed by atoms with E-state index in [9.17, 15) is 22.4 Å². The molecule has 0 spiro atoms. The van der Waals surface area contributed by atoms with Gasteiger partial charge in [0.25, 0.3) is 0 Å². The van der Waals surface area contributed by atoms with E-state index in [1.807, 2.05) is 0 Å². The standard InChI is InChI=1S/C17H16F4N2O/c1-16(2)9-23(22-15(16)24)14(17(19,20)21)11-4-3-10-5-6-13(18)8-12(10)7-11/h3-8,14H,9H2,1-2H3,(H,22,24)/t14-/m0/s1. The highest BCUT2D eigenvalue weighted by molar-refractivity contribution is 5.84. The summed E-state index contributed by atoms with van der Waals surface area (Å²) < 4.78 is 54.3. The summed E-state index contributed by atoms with van der Waals surface area (Å²) in [4.78, 5) is 11.9. The highest BCUT2D eigenvalue weighted by Gasteiger charge is 2.51. The zero-order chi connectivity index (χ0) is 17.7. The van der Waals surface area contributed by atoms with Crippen LogP contribution in [0.4, 0.5) is 17.6 Å². The molecule has 1 heterocycles. The molecule has 128 valence electrons. The van der Waals surface area contributed by atoms with Crippen LogP contribution in [0, 0.1) is 11.2 Å². The lowest BCUT2D eigenvalue weighted by Gasteiger charge is -2.30. The van der Waals surface area contributed by atoms with Crippen molar-refractivity contribution < 1.29 is 22.4 Å². The van der Waals surface area contributed by atoms with Crippen molar-refractivity contribution in [1.82, 2.24) is 10.4 Å². The summed E-state index contributed by atoms with van der Waals surface area (Å²) in [7, 11) is 0. The van der Waals surface area contributed by atoms with Crippen molar-refractivity contribution in [2.75, 3.05) is 6.54 Å². The Labute approximate surface area is 136 Å². The van der Waals surface area contributed by atoms with Crippen molar-refractivity contribution >= 4 is 16.7 Å². The van der Waals surface area contributed by atoms with Gasteiger partial charge in [0.2, 0.25) is 5.91 Å². The molecule has 1 atom stereocenters. The maximum absolute atomic E-state index is 13.6. The molecular weight excluding hydrogens is 324 g/mol. The Balaban J connectivity index is 2.06. The summed E-state index contributed by atoms with van der Waals surface area (Å²) in [5, 5.41) is 1.93. The minimum Gasteiger partial charge on any atom is -0.287 e. The average Bonchev–Trinajstić information content (AvgIpc) is 2.70. The van der Waals surface area contributed by atoms with E-state index in [0.717, 1.165) is 5.01 Å². The molecule has 1 aliphatic heterocycles. The Morgan fingerprint density at radius 3 is 2.38 bits per heavy atom. The number of carbonyl (C=O) groups excluding carboxylic acids is 1. The minimum atomic E-state index is -4.59.